The van der Waals surface area contributed by atoms with E-state index < -0.39 is 23.2 Å². The van der Waals surface area contributed by atoms with E-state index in [-0.39, 0.29) is 0 Å². The molecule has 4 rings (SSSR count). The second-order valence-corrected chi connectivity index (χ2v) is 7.77. The number of fused-ring (bicyclic) bond motifs is 3. The zero-order valence-corrected chi connectivity index (χ0v) is 16.2. The summed E-state index contributed by atoms with van der Waals surface area (Å²) in [7, 11) is 1.53. The molecule has 1 amide bonds. The van der Waals surface area contributed by atoms with Gasteiger partial charge in [0.2, 0.25) is 5.54 Å². The Morgan fingerprint density at radius 2 is 1.89 bits per heavy atom. The van der Waals surface area contributed by atoms with Crippen LogP contribution >= 0.6 is 0 Å². The summed E-state index contributed by atoms with van der Waals surface area (Å²) in [6, 6.07) is 12.3. The molecule has 1 atom stereocenters. The third kappa shape index (κ3) is 2.34. The lowest BCUT2D eigenvalue weighted by Gasteiger charge is -2.34. The predicted octanol–water partition coefficient (Wildman–Crippen LogP) is 4.28. The van der Waals surface area contributed by atoms with Gasteiger partial charge in [-0.05, 0) is 44.5 Å². The third-order valence-corrected chi connectivity index (χ3v) is 4.89. The maximum Gasteiger partial charge on any atom is 0.416 e. The third-order valence-electron chi connectivity index (χ3n) is 4.89. The Morgan fingerprint density at radius 1 is 1.18 bits per heavy atom. The Bertz CT molecular complexity index is 1020. The van der Waals surface area contributed by atoms with E-state index in [9.17, 15) is 9.59 Å². The van der Waals surface area contributed by atoms with Gasteiger partial charge in [-0.2, -0.15) is 0 Å². The first-order valence-electron chi connectivity index (χ1n) is 8.93. The average Bonchev–Trinajstić information content (AvgIpc) is 3.07. The zero-order valence-electron chi connectivity index (χ0n) is 16.2. The smallest absolute Gasteiger partial charge is 0.416 e. The van der Waals surface area contributed by atoms with Crippen LogP contribution in [0.3, 0.4) is 0 Å². The molecule has 0 aromatic heterocycles. The van der Waals surface area contributed by atoms with Crippen molar-refractivity contribution in [2.75, 3.05) is 12.0 Å². The first-order chi connectivity index (χ1) is 13.2. The van der Waals surface area contributed by atoms with E-state index in [2.05, 4.69) is 6.58 Å². The van der Waals surface area contributed by atoms with E-state index in [0.29, 0.717) is 33.9 Å². The number of carbonyl (C=O) groups is 2. The van der Waals surface area contributed by atoms with Crippen LogP contribution in [0.25, 0.3) is 5.57 Å². The molecule has 6 heteroatoms. The highest BCUT2D eigenvalue weighted by molar-refractivity contribution is 6.17. The van der Waals surface area contributed by atoms with Gasteiger partial charge in [-0.3, -0.25) is 4.90 Å². The standard InChI is InChI=1S/C22H21NO5/c1-13-15-8-6-7-9-17(15)23(20(25)28-21(2,3)4)22(13)16-11-10-14(26-5)12-18(16)27-19(22)24/h6-12H,1H2,2-5H3/t22-/m1/s1. The van der Waals surface area contributed by atoms with Crippen LogP contribution in [0.15, 0.2) is 49.0 Å². The van der Waals surface area contributed by atoms with Crippen LogP contribution in [-0.4, -0.2) is 24.8 Å². The number of carbonyl (C=O) groups excluding carboxylic acids is 2. The van der Waals surface area contributed by atoms with Crippen molar-refractivity contribution in [1.82, 2.24) is 0 Å². The number of para-hydroxylation sites is 1. The number of nitrogens with zero attached hydrogens (tertiary/aromatic N) is 1. The lowest BCUT2D eigenvalue weighted by molar-refractivity contribution is -0.136. The van der Waals surface area contributed by atoms with Gasteiger partial charge in [-0.1, -0.05) is 24.8 Å². The summed E-state index contributed by atoms with van der Waals surface area (Å²) in [5, 5.41) is 0. The molecule has 0 fully saturated rings. The van der Waals surface area contributed by atoms with Gasteiger partial charge in [0, 0.05) is 17.2 Å². The fourth-order valence-corrected chi connectivity index (χ4v) is 3.77. The highest BCUT2D eigenvalue weighted by Gasteiger charge is 2.63. The number of ether oxygens (including phenoxy) is 3. The number of hydrogen-bond donors (Lipinski definition) is 0. The number of esters is 1. The molecule has 0 saturated carbocycles. The van der Waals surface area contributed by atoms with Gasteiger partial charge in [-0.25, -0.2) is 9.59 Å². The van der Waals surface area contributed by atoms with Crippen LogP contribution in [0.2, 0.25) is 0 Å². The predicted molar refractivity (Wildman–Crippen MR) is 104 cm³/mol. The van der Waals surface area contributed by atoms with Gasteiger partial charge >= 0.3 is 12.1 Å². The summed E-state index contributed by atoms with van der Waals surface area (Å²) in [6.45, 7) is 9.50. The van der Waals surface area contributed by atoms with E-state index in [1.54, 1.807) is 51.1 Å². The highest BCUT2D eigenvalue weighted by atomic mass is 16.6. The van der Waals surface area contributed by atoms with Crippen LogP contribution in [-0.2, 0) is 15.1 Å². The molecule has 144 valence electrons. The summed E-state index contributed by atoms with van der Waals surface area (Å²) in [6.07, 6.45) is -0.640. The van der Waals surface area contributed by atoms with Crippen molar-refractivity contribution >= 4 is 23.3 Å². The van der Waals surface area contributed by atoms with Gasteiger partial charge in [0.1, 0.15) is 17.1 Å². The quantitative estimate of drug-likeness (QED) is 0.547. The minimum atomic E-state index is -1.51. The number of hydrogen-bond acceptors (Lipinski definition) is 5. The molecule has 2 aliphatic heterocycles. The molecule has 0 aliphatic carbocycles. The second kappa shape index (κ2) is 5.86. The molecule has 6 nitrogen and oxygen atoms in total. The molecule has 28 heavy (non-hydrogen) atoms. The van der Waals surface area contributed by atoms with Crippen molar-refractivity contribution in [1.29, 1.82) is 0 Å². The number of rotatable bonds is 1. The van der Waals surface area contributed by atoms with Gasteiger partial charge < -0.3 is 14.2 Å². The molecule has 2 heterocycles. The summed E-state index contributed by atoms with van der Waals surface area (Å²) < 4.78 is 16.4. The summed E-state index contributed by atoms with van der Waals surface area (Å²) in [4.78, 5) is 27.8. The average molecular weight is 379 g/mol. The maximum atomic E-state index is 13.2. The van der Waals surface area contributed by atoms with Crippen LogP contribution in [0.1, 0.15) is 31.9 Å². The molecule has 0 N–H and O–H groups in total. The van der Waals surface area contributed by atoms with E-state index >= 15 is 0 Å². The topological polar surface area (TPSA) is 65.1 Å². The van der Waals surface area contributed by atoms with E-state index in [1.807, 2.05) is 12.1 Å². The van der Waals surface area contributed by atoms with Gasteiger partial charge in [0.05, 0.1) is 12.8 Å². The fraction of sp³-hybridized carbons (Fsp3) is 0.273. The molecular formula is C22H21NO5. The van der Waals surface area contributed by atoms with Crippen molar-refractivity contribution in [2.45, 2.75) is 31.9 Å². The maximum absolute atomic E-state index is 13.2. The molecule has 0 radical (unpaired) electrons. The number of amides is 1. The molecule has 0 saturated heterocycles. The van der Waals surface area contributed by atoms with Crippen LogP contribution < -0.4 is 14.4 Å². The first kappa shape index (κ1) is 18.1. The van der Waals surface area contributed by atoms with Gasteiger partial charge in [-0.15, -0.1) is 0 Å². The van der Waals surface area contributed by atoms with Crippen LogP contribution in [0, 0.1) is 0 Å². The monoisotopic (exact) mass is 379 g/mol. The fourth-order valence-electron chi connectivity index (χ4n) is 3.77. The molecule has 1 spiro atoms. The normalized spacial score (nSPS) is 20.1. The van der Waals surface area contributed by atoms with Gasteiger partial charge in [0.15, 0.2) is 0 Å². The molecule has 0 unspecified atom stereocenters. The Balaban J connectivity index is 1.96. The van der Waals surface area contributed by atoms with Crippen LogP contribution in [0.4, 0.5) is 10.5 Å². The van der Waals surface area contributed by atoms with E-state index in [4.69, 9.17) is 14.2 Å². The SMILES string of the molecule is C=C1c2ccccc2N(C(=O)OC(C)(C)C)[C@]12C(=O)Oc1cc(OC)ccc12. The highest BCUT2D eigenvalue weighted by Crippen LogP contribution is 2.58. The Kier molecular flexibility index (Phi) is 3.79. The summed E-state index contributed by atoms with van der Waals surface area (Å²) in [5.74, 6) is 0.295. The molecular weight excluding hydrogens is 358 g/mol. The van der Waals surface area contributed by atoms with Crippen molar-refractivity contribution in [3.05, 3.63) is 60.2 Å². The Morgan fingerprint density at radius 3 is 2.57 bits per heavy atom. The summed E-state index contributed by atoms with van der Waals surface area (Å²) in [5.41, 5.74) is 0.0281. The molecule has 2 aromatic rings. The van der Waals surface area contributed by atoms with E-state index in [0.717, 1.165) is 0 Å². The van der Waals surface area contributed by atoms with Crippen molar-refractivity contribution < 1.29 is 23.8 Å². The Labute approximate surface area is 163 Å². The Hall–Kier alpha value is -3.28. The summed E-state index contributed by atoms with van der Waals surface area (Å²) >= 11 is 0. The lowest BCUT2D eigenvalue weighted by Crippen LogP contribution is -2.52. The minimum Gasteiger partial charge on any atom is -0.497 e. The molecule has 0 bridgehead atoms. The lowest BCUT2D eigenvalue weighted by atomic mass is 9.83. The second-order valence-electron chi connectivity index (χ2n) is 7.77. The minimum absolute atomic E-state index is 0.340. The zero-order chi connectivity index (χ0) is 20.3. The van der Waals surface area contributed by atoms with Gasteiger partial charge in [0.25, 0.3) is 0 Å². The largest absolute Gasteiger partial charge is 0.497 e. The number of methoxy groups -OCH3 is 1. The number of benzene rings is 2. The van der Waals surface area contributed by atoms with Crippen molar-refractivity contribution in [2.24, 2.45) is 0 Å². The van der Waals surface area contributed by atoms with Crippen LogP contribution in [0.5, 0.6) is 11.5 Å². The molecule has 2 aliphatic rings. The van der Waals surface area contributed by atoms with E-state index in [1.165, 1.54) is 12.0 Å². The number of anilines is 1. The first-order valence-corrected chi connectivity index (χ1v) is 8.93. The van der Waals surface area contributed by atoms with Crippen molar-refractivity contribution in [3.63, 3.8) is 0 Å². The molecule has 2 aromatic carbocycles. The van der Waals surface area contributed by atoms with Crippen molar-refractivity contribution in [3.8, 4) is 11.5 Å².